The first-order valence-corrected chi connectivity index (χ1v) is 6.11. The summed E-state index contributed by atoms with van der Waals surface area (Å²) >= 11 is 7.38. The number of carbonyl (C=O) groups is 1. The summed E-state index contributed by atoms with van der Waals surface area (Å²) in [5.74, 6) is -0.222. The van der Waals surface area contributed by atoms with Crippen molar-refractivity contribution in [3.8, 4) is 0 Å². The average molecular weight is 247 g/mol. The molecular formula is C10H15ClN2OS. The minimum atomic E-state index is -0.222. The normalized spacial score (nSPS) is 10.5. The van der Waals surface area contributed by atoms with E-state index in [0.717, 1.165) is 30.3 Å². The van der Waals surface area contributed by atoms with Gasteiger partial charge in [-0.25, -0.2) is 0 Å². The zero-order valence-electron chi connectivity index (χ0n) is 8.46. The summed E-state index contributed by atoms with van der Waals surface area (Å²) in [6, 6.07) is 3.92. The standard InChI is InChI=1S/C10H15ClN2OS/c11-9-5-4-8(15-9)7-13-6-2-1-3-10(12)14/h4-5,13H,1-3,6-7H2,(H2,12,14). The van der Waals surface area contributed by atoms with E-state index in [2.05, 4.69) is 5.32 Å². The Hall–Kier alpha value is -0.580. The van der Waals surface area contributed by atoms with Crippen molar-refractivity contribution in [2.24, 2.45) is 5.73 Å². The largest absolute Gasteiger partial charge is 0.370 e. The van der Waals surface area contributed by atoms with Crippen molar-refractivity contribution in [3.63, 3.8) is 0 Å². The monoisotopic (exact) mass is 246 g/mol. The fourth-order valence-electron chi connectivity index (χ4n) is 1.21. The Labute approximate surface area is 98.6 Å². The topological polar surface area (TPSA) is 55.1 Å². The third kappa shape index (κ3) is 5.77. The molecule has 0 aliphatic heterocycles. The molecule has 1 heterocycles. The maximum Gasteiger partial charge on any atom is 0.217 e. The molecule has 0 bridgehead atoms. The lowest BCUT2D eigenvalue weighted by Gasteiger charge is -2.01. The Kier molecular flexibility index (Phi) is 5.68. The molecule has 0 aliphatic carbocycles. The van der Waals surface area contributed by atoms with E-state index in [0.29, 0.717) is 6.42 Å². The number of thiophene rings is 1. The van der Waals surface area contributed by atoms with Crippen LogP contribution in [-0.4, -0.2) is 12.5 Å². The van der Waals surface area contributed by atoms with Crippen LogP contribution in [0.3, 0.4) is 0 Å². The molecule has 0 radical (unpaired) electrons. The molecule has 1 amide bonds. The van der Waals surface area contributed by atoms with Crippen molar-refractivity contribution in [2.75, 3.05) is 6.54 Å². The lowest BCUT2D eigenvalue weighted by Crippen LogP contribution is -2.15. The maximum atomic E-state index is 10.4. The van der Waals surface area contributed by atoms with E-state index in [1.54, 1.807) is 11.3 Å². The van der Waals surface area contributed by atoms with E-state index in [-0.39, 0.29) is 5.91 Å². The molecule has 0 aromatic carbocycles. The highest BCUT2D eigenvalue weighted by molar-refractivity contribution is 7.16. The predicted octanol–water partition coefficient (Wildman–Crippen LogP) is 2.15. The molecule has 0 unspecified atom stereocenters. The van der Waals surface area contributed by atoms with Crippen molar-refractivity contribution in [1.82, 2.24) is 5.32 Å². The molecule has 0 saturated heterocycles. The molecule has 1 rings (SSSR count). The first-order valence-electron chi connectivity index (χ1n) is 4.91. The number of primary amides is 1. The number of hydrogen-bond acceptors (Lipinski definition) is 3. The van der Waals surface area contributed by atoms with Crippen molar-refractivity contribution < 1.29 is 4.79 Å². The summed E-state index contributed by atoms with van der Waals surface area (Å²) in [5, 5.41) is 3.29. The Balaban J connectivity index is 2.00. The second-order valence-corrected chi connectivity index (χ2v) is 5.11. The molecule has 5 heteroatoms. The van der Waals surface area contributed by atoms with Crippen molar-refractivity contribution in [2.45, 2.75) is 25.8 Å². The highest BCUT2D eigenvalue weighted by Crippen LogP contribution is 2.20. The summed E-state index contributed by atoms with van der Waals surface area (Å²) in [6.07, 6.45) is 2.31. The number of rotatable bonds is 7. The van der Waals surface area contributed by atoms with E-state index in [1.807, 2.05) is 12.1 Å². The van der Waals surface area contributed by atoms with Gasteiger partial charge in [-0.3, -0.25) is 4.79 Å². The van der Waals surface area contributed by atoms with E-state index in [9.17, 15) is 4.79 Å². The first kappa shape index (κ1) is 12.5. The quantitative estimate of drug-likeness (QED) is 0.725. The van der Waals surface area contributed by atoms with Crippen LogP contribution in [0.5, 0.6) is 0 Å². The molecule has 3 nitrogen and oxygen atoms in total. The fourth-order valence-corrected chi connectivity index (χ4v) is 2.26. The molecule has 0 fully saturated rings. The van der Waals surface area contributed by atoms with Crippen LogP contribution >= 0.6 is 22.9 Å². The van der Waals surface area contributed by atoms with Crippen LogP contribution in [0.2, 0.25) is 4.34 Å². The van der Waals surface area contributed by atoms with Crippen molar-refractivity contribution >= 4 is 28.8 Å². The third-order valence-electron chi connectivity index (χ3n) is 1.95. The molecule has 84 valence electrons. The predicted molar refractivity (Wildman–Crippen MR) is 64.1 cm³/mol. The maximum absolute atomic E-state index is 10.4. The molecule has 3 N–H and O–H groups in total. The van der Waals surface area contributed by atoms with Gasteiger partial charge in [0, 0.05) is 17.8 Å². The van der Waals surface area contributed by atoms with Gasteiger partial charge in [-0.05, 0) is 31.5 Å². The van der Waals surface area contributed by atoms with Crippen LogP contribution in [0.15, 0.2) is 12.1 Å². The third-order valence-corrected chi connectivity index (χ3v) is 3.19. The Bertz CT molecular complexity index is 314. The fraction of sp³-hybridized carbons (Fsp3) is 0.500. The number of carbonyl (C=O) groups excluding carboxylic acids is 1. The molecular weight excluding hydrogens is 232 g/mol. The molecule has 1 aromatic heterocycles. The van der Waals surface area contributed by atoms with Gasteiger partial charge in [-0.15, -0.1) is 11.3 Å². The minimum absolute atomic E-state index is 0.222. The van der Waals surface area contributed by atoms with Gasteiger partial charge in [0.05, 0.1) is 4.34 Å². The zero-order chi connectivity index (χ0) is 11.1. The molecule has 0 spiro atoms. The van der Waals surface area contributed by atoms with Crippen LogP contribution in [0.25, 0.3) is 0 Å². The molecule has 1 aromatic rings. The summed E-state index contributed by atoms with van der Waals surface area (Å²) in [5.41, 5.74) is 5.03. The second-order valence-electron chi connectivity index (χ2n) is 3.31. The number of hydrogen-bond donors (Lipinski definition) is 2. The number of nitrogens with one attached hydrogen (secondary N) is 1. The van der Waals surface area contributed by atoms with Gasteiger partial charge in [-0.1, -0.05) is 11.6 Å². The van der Waals surface area contributed by atoms with Crippen molar-refractivity contribution in [1.29, 1.82) is 0 Å². The van der Waals surface area contributed by atoms with Gasteiger partial charge < -0.3 is 11.1 Å². The van der Waals surface area contributed by atoms with Gasteiger partial charge in [0.25, 0.3) is 0 Å². The van der Waals surface area contributed by atoms with Gasteiger partial charge in [-0.2, -0.15) is 0 Å². The lowest BCUT2D eigenvalue weighted by atomic mass is 10.2. The van der Waals surface area contributed by atoms with E-state index in [1.165, 1.54) is 4.88 Å². The second kappa shape index (κ2) is 6.82. The molecule has 0 saturated carbocycles. The van der Waals surface area contributed by atoms with Crippen LogP contribution in [-0.2, 0) is 11.3 Å². The number of amides is 1. The average Bonchev–Trinajstić information content (AvgIpc) is 2.57. The van der Waals surface area contributed by atoms with Crippen LogP contribution in [0.1, 0.15) is 24.1 Å². The number of halogens is 1. The van der Waals surface area contributed by atoms with E-state index < -0.39 is 0 Å². The van der Waals surface area contributed by atoms with Gasteiger partial charge in [0.2, 0.25) is 5.91 Å². The minimum Gasteiger partial charge on any atom is -0.370 e. The number of unbranched alkanes of at least 4 members (excludes halogenated alkanes) is 1. The zero-order valence-corrected chi connectivity index (χ0v) is 10.0. The Morgan fingerprint density at radius 2 is 2.27 bits per heavy atom. The van der Waals surface area contributed by atoms with Gasteiger partial charge in [0.1, 0.15) is 0 Å². The van der Waals surface area contributed by atoms with Gasteiger partial charge in [0.15, 0.2) is 0 Å². The molecule has 0 atom stereocenters. The lowest BCUT2D eigenvalue weighted by molar-refractivity contribution is -0.118. The highest BCUT2D eigenvalue weighted by Gasteiger charge is 1.97. The van der Waals surface area contributed by atoms with Crippen LogP contribution in [0, 0.1) is 0 Å². The molecule has 15 heavy (non-hydrogen) atoms. The highest BCUT2D eigenvalue weighted by atomic mass is 35.5. The molecule has 0 aliphatic rings. The van der Waals surface area contributed by atoms with E-state index >= 15 is 0 Å². The summed E-state index contributed by atoms with van der Waals surface area (Å²) in [6.45, 7) is 1.75. The summed E-state index contributed by atoms with van der Waals surface area (Å²) in [7, 11) is 0. The SMILES string of the molecule is NC(=O)CCCCNCc1ccc(Cl)s1. The van der Waals surface area contributed by atoms with Gasteiger partial charge >= 0.3 is 0 Å². The van der Waals surface area contributed by atoms with E-state index in [4.69, 9.17) is 17.3 Å². The van der Waals surface area contributed by atoms with Crippen LogP contribution < -0.4 is 11.1 Å². The van der Waals surface area contributed by atoms with Crippen LogP contribution in [0.4, 0.5) is 0 Å². The number of nitrogens with two attached hydrogens (primary N) is 1. The first-order chi connectivity index (χ1) is 7.18. The summed E-state index contributed by atoms with van der Waals surface area (Å²) < 4.78 is 0.820. The Morgan fingerprint density at radius 1 is 1.47 bits per heavy atom. The smallest absolute Gasteiger partial charge is 0.217 e. The Morgan fingerprint density at radius 3 is 2.87 bits per heavy atom. The summed E-state index contributed by atoms with van der Waals surface area (Å²) in [4.78, 5) is 11.7. The van der Waals surface area contributed by atoms with Crippen molar-refractivity contribution in [3.05, 3.63) is 21.3 Å².